The molecule has 36 heavy (non-hydrogen) atoms. The molecule has 3 rings (SSSR count). The number of nitrogens with one attached hydrogen (secondary N) is 1. The molecule has 0 aliphatic heterocycles. The minimum Gasteiger partial charge on any atom is -0.508 e. The van der Waals surface area contributed by atoms with Crippen LogP contribution in [0.15, 0.2) is 78.9 Å². The van der Waals surface area contributed by atoms with E-state index in [2.05, 4.69) is 29.6 Å². The number of phenols is 1. The minimum absolute atomic E-state index is 0.0672. The van der Waals surface area contributed by atoms with Crippen molar-refractivity contribution in [2.24, 2.45) is 0 Å². The maximum atomic E-state index is 12.3. The Balaban J connectivity index is 1.24. The van der Waals surface area contributed by atoms with Crippen LogP contribution in [-0.2, 0) is 11.2 Å². The number of unbranched alkanes of at least 4 members (excludes halogenated alkanes) is 3. The Bertz CT molecular complexity index is 1030. The van der Waals surface area contributed by atoms with Gasteiger partial charge in [-0.3, -0.25) is 0 Å². The highest BCUT2D eigenvalue weighted by atomic mass is 16.5. The summed E-state index contributed by atoms with van der Waals surface area (Å²) in [7, 11) is 0. The second-order valence-electron chi connectivity index (χ2n) is 8.85. The number of phenolic OH excluding ortho intramolecular Hbond substituents is 1. The Labute approximate surface area is 213 Å². The lowest BCUT2D eigenvalue weighted by atomic mass is 10.1. The summed E-state index contributed by atoms with van der Waals surface area (Å²) >= 11 is 0. The number of carbonyl (C=O) groups is 1. The molecule has 0 fully saturated rings. The third-order valence-corrected chi connectivity index (χ3v) is 5.85. The van der Waals surface area contributed by atoms with Crippen molar-refractivity contribution in [2.75, 3.05) is 26.3 Å². The first kappa shape index (κ1) is 27.4. The number of esters is 1. The number of rotatable bonds is 16. The molecule has 192 valence electrons. The zero-order chi connectivity index (χ0) is 25.4. The van der Waals surface area contributed by atoms with Crippen molar-refractivity contribution >= 4 is 5.97 Å². The van der Waals surface area contributed by atoms with Crippen LogP contribution in [0.5, 0.6) is 11.5 Å². The SMILES string of the molecule is O=C(Oc1cc(O)cc(C(O)CNCCCCCOCCCCc2ccccc2)c1)c1ccccc1. The van der Waals surface area contributed by atoms with Crippen LogP contribution in [0.1, 0.15) is 59.7 Å². The smallest absolute Gasteiger partial charge is 0.343 e. The van der Waals surface area contributed by atoms with Crippen LogP contribution in [0.3, 0.4) is 0 Å². The molecule has 0 aliphatic rings. The lowest BCUT2D eigenvalue weighted by Gasteiger charge is -2.14. The molecule has 0 heterocycles. The highest BCUT2D eigenvalue weighted by Crippen LogP contribution is 2.26. The van der Waals surface area contributed by atoms with E-state index in [9.17, 15) is 15.0 Å². The minimum atomic E-state index is -0.828. The molecule has 6 nitrogen and oxygen atoms in total. The van der Waals surface area contributed by atoms with Crippen molar-refractivity contribution in [3.63, 3.8) is 0 Å². The number of aryl methyl sites for hydroxylation is 1. The summed E-state index contributed by atoms with van der Waals surface area (Å²) in [5.41, 5.74) is 2.28. The number of hydrogen-bond acceptors (Lipinski definition) is 6. The van der Waals surface area contributed by atoms with Crippen molar-refractivity contribution in [1.29, 1.82) is 0 Å². The predicted octanol–water partition coefficient (Wildman–Crippen LogP) is 5.44. The topological polar surface area (TPSA) is 88.0 Å². The zero-order valence-corrected chi connectivity index (χ0v) is 20.8. The van der Waals surface area contributed by atoms with Gasteiger partial charge in [0.2, 0.25) is 0 Å². The number of aliphatic hydroxyl groups is 1. The summed E-state index contributed by atoms with van der Waals surface area (Å²) in [6, 6.07) is 23.6. The Morgan fingerprint density at radius 2 is 1.53 bits per heavy atom. The van der Waals surface area contributed by atoms with Gasteiger partial charge in [0.25, 0.3) is 0 Å². The first-order valence-corrected chi connectivity index (χ1v) is 12.7. The average molecular weight is 492 g/mol. The molecule has 3 aromatic carbocycles. The molecule has 3 N–H and O–H groups in total. The summed E-state index contributed by atoms with van der Waals surface area (Å²) in [4.78, 5) is 12.3. The highest BCUT2D eigenvalue weighted by Gasteiger charge is 2.13. The molecule has 0 bridgehead atoms. The monoisotopic (exact) mass is 491 g/mol. The Hall–Kier alpha value is -3.19. The molecule has 0 aromatic heterocycles. The molecule has 3 aromatic rings. The van der Waals surface area contributed by atoms with Gasteiger partial charge in [0.05, 0.1) is 11.7 Å². The van der Waals surface area contributed by atoms with Crippen molar-refractivity contribution < 1.29 is 24.5 Å². The quantitative estimate of drug-likeness (QED) is 0.140. The normalized spacial score (nSPS) is 11.8. The van der Waals surface area contributed by atoms with E-state index in [-0.39, 0.29) is 11.5 Å². The molecule has 0 amide bonds. The first-order chi connectivity index (χ1) is 17.6. The average Bonchev–Trinajstić information content (AvgIpc) is 2.90. The summed E-state index contributed by atoms with van der Waals surface area (Å²) in [6.07, 6.45) is 5.56. The predicted molar refractivity (Wildman–Crippen MR) is 141 cm³/mol. The fraction of sp³-hybridized carbons (Fsp3) is 0.367. The van der Waals surface area contributed by atoms with Crippen molar-refractivity contribution in [3.05, 3.63) is 95.6 Å². The second kappa shape index (κ2) is 15.7. The Kier molecular flexibility index (Phi) is 12.0. The van der Waals surface area contributed by atoms with Crippen molar-refractivity contribution in [1.82, 2.24) is 5.32 Å². The van der Waals surface area contributed by atoms with Crippen LogP contribution in [0.25, 0.3) is 0 Å². The van der Waals surface area contributed by atoms with Crippen LogP contribution in [-0.4, -0.2) is 42.5 Å². The van der Waals surface area contributed by atoms with Crippen LogP contribution in [0.4, 0.5) is 0 Å². The molecule has 1 unspecified atom stereocenters. The van der Waals surface area contributed by atoms with Gasteiger partial charge in [0.15, 0.2) is 0 Å². The molecule has 0 spiro atoms. The fourth-order valence-corrected chi connectivity index (χ4v) is 3.86. The molecule has 0 saturated carbocycles. The van der Waals surface area contributed by atoms with E-state index in [0.717, 1.165) is 58.3 Å². The van der Waals surface area contributed by atoms with Gasteiger partial charge < -0.3 is 25.0 Å². The zero-order valence-electron chi connectivity index (χ0n) is 20.8. The fourth-order valence-electron chi connectivity index (χ4n) is 3.86. The maximum Gasteiger partial charge on any atom is 0.343 e. The number of benzene rings is 3. The largest absolute Gasteiger partial charge is 0.508 e. The molecule has 0 saturated heterocycles. The van der Waals surface area contributed by atoms with Crippen molar-refractivity contribution in [2.45, 2.75) is 44.6 Å². The number of hydrogen-bond donors (Lipinski definition) is 3. The lowest BCUT2D eigenvalue weighted by molar-refractivity contribution is 0.0733. The third-order valence-electron chi connectivity index (χ3n) is 5.85. The van der Waals surface area contributed by atoms with E-state index in [1.54, 1.807) is 30.3 Å². The van der Waals surface area contributed by atoms with Crippen LogP contribution in [0.2, 0.25) is 0 Å². The van der Waals surface area contributed by atoms with E-state index >= 15 is 0 Å². The second-order valence-corrected chi connectivity index (χ2v) is 8.85. The molecule has 0 radical (unpaired) electrons. The summed E-state index contributed by atoms with van der Waals surface area (Å²) in [5.74, 6) is -0.392. The van der Waals surface area contributed by atoms with Crippen LogP contribution >= 0.6 is 0 Å². The van der Waals surface area contributed by atoms with Gasteiger partial charge in [0, 0.05) is 25.8 Å². The number of aliphatic hydroxyl groups excluding tert-OH is 1. The van der Waals surface area contributed by atoms with E-state index in [4.69, 9.17) is 9.47 Å². The number of aromatic hydroxyl groups is 1. The van der Waals surface area contributed by atoms with Gasteiger partial charge in [-0.25, -0.2) is 4.79 Å². The Morgan fingerprint density at radius 3 is 2.28 bits per heavy atom. The number of carbonyl (C=O) groups excluding carboxylic acids is 1. The van der Waals surface area contributed by atoms with Gasteiger partial charge >= 0.3 is 5.97 Å². The molecular weight excluding hydrogens is 454 g/mol. The number of ether oxygens (including phenoxy) is 2. The lowest BCUT2D eigenvalue weighted by Crippen LogP contribution is -2.22. The van der Waals surface area contributed by atoms with Gasteiger partial charge in [0.1, 0.15) is 11.5 Å². The third kappa shape index (κ3) is 10.2. The van der Waals surface area contributed by atoms with E-state index < -0.39 is 12.1 Å². The summed E-state index contributed by atoms with van der Waals surface area (Å²) in [5, 5.41) is 23.8. The standard InChI is InChI=1S/C30H37NO5/c32-27-20-26(21-28(22-27)36-30(34)25-15-6-2-7-16-25)29(33)23-31-17-9-3-10-18-35-19-11-8-14-24-12-4-1-5-13-24/h1-2,4-7,12-13,15-16,20-22,29,31-33H,3,8-11,14,17-19,23H2. The van der Waals surface area contributed by atoms with Gasteiger partial charge in [-0.1, -0.05) is 48.5 Å². The van der Waals surface area contributed by atoms with Crippen LogP contribution < -0.4 is 10.1 Å². The molecular formula is C30H37NO5. The summed E-state index contributed by atoms with van der Waals surface area (Å²) < 4.78 is 11.1. The van der Waals surface area contributed by atoms with E-state index in [1.807, 2.05) is 12.1 Å². The van der Waals surface area contributed by atoms with Crippen molar-refractivity contribution in [3.8, 4) is 11.5 Å². The molecule has 0 aliphatic carbocycles. The molecule has 1 atom stereocenters. The highest BCUT2D eigenvalue weighted by molar-refractivity contribution is 5.91. The maximum absolute atomic E-state index is 12.3. The van der Waals surface area contributed by atoms with Gasteiger partial charge in [-0.2, -0.15) is 0 Å². The van der Waals surface area contributed by atoms with Gasteiger partial charge in [-0.15, -0.1) is 0 Å². The molecule has 6 heteroatoms. The van der Waals surface area contributed by atoms with E-state index in [0.29, 0.717) is 17.7 Å². The van der Waals surface area contributed by atoms with Gasteiger partial charge in [-0.05, 0) is 80.5 Å². The first-order valence-electron chi connectivity index (χ1n) is 12.7. The summed E-state index contributed by atoms with van der Waals surface area (Å²) in [6.45, 7) is 2.71. The van der Waals surface area contributed by atoms with E-state index in [1.165, 1.54) is 17.7 Å². The van der Waals surface area contributed by atoms with Crippen LogP contribution in [0, 0.1) is 0 Å². The Morgan fingerprint density at radius 1 is 0.833 bits per heavy atom.